The number of hydrogen-bond acceptors (Lipinski definition) is 2. The van der Waals surface area contributed by atoms with Crippen molar-refractivity contribution in [2.24, 2.45) is 0 Å². The van der Waals surface area contributed by atoms with Crippen molar-refractivity contribution in [3.05, 3.63) is 94.0 Å². The molecule has 0 aliphatic rings. The van der Waals surface area contributed by atoms with Gasteiger partial charge in [0.15, 0.2) is 5.11 Å². The number of nitrogens with one attached hydrogen (secondary N) is 3. The van der Waals surface area contributed by atoms with E-state index in [4.69, 9.17) is 35.4 Å². The molecule has 3 N–H and O–H groups in total. The van der Waals surface area contributed by atoms with E-state index in [1.807, 2.05) is 36.4 Å². The minimum absolute atomic E-state index is 0.163. The SMILES string of the molecule is O=C(NCc1ccccc1)c1cccc(NC(=S)Nc2cccc(Cl)c2Cl)c1. The van der Waals surface area contributed by atoms with Gasteiger partial charge in [-0.3, -0.25) is 4.79 Å². The number of benzene rings is 3. The first-order valence-corrected chi connectivity index (χ1v) is 9.63. The Labute approximate surface area is 178 Å². The number of anilines is 2. The summed E-state index contributed by atoms with van der Waals surface area (Å²) >= 11 is 17.5. The number of rotatable bonds is 5. The standard InChI is InChI=1S/C21H17Cl2N3OS/c22-17-10-5-11-18(19(17)23)26-21(28)25-16-9-4-8-15(12-16)20(27)24-13-14-6-2-1-3-7-14/h1-12H,13H2,(H,24,27)(H2,25,26,28). The number of hydrogen-bond donors (Lipinski definition) is 3. The van der Waals surface area contributed by atoms with E-state index in [0.29, 0.717) is 38.6 Å². The molecule has 0 spiro atoms. The van der Waals surface area contributed by atoms with Gasteiger partial charge in [0.25, 0.3) is 5.91 Å². The molecule has 142 valence electrons. The van der Waals surface area contributed by atoms with Crippen molar-refractivity contribution in [1.82, 2.24) is 5.32 Å². The van der Waals surface area contributed by atoms with Crippen LogP contribution in [-0.2, 0) is 6.54 Å². The summed E-state index contributed by atoms with van der Waals surface area (Å²) in [5.74, 6) is -0.163. The molecule has 0 unspecified atom stereocenters. The minimum Gasteiger partial charge on any atom is -0.348 e. The van der Waals surface area contributed by atoms with Crippen LogP contribution in [0.4, 0.5) is 11.4 Å². The maximum Gasteiger partial charge on any atom is 0.251 e. The van der Waals surface area contributed by atoms with E-state index in [2.05, 4.69) is 16.0 Å². The summed E-state index contributed by atoms with van der Waals surface area (Å²) in [5, 5.41) is 10.1. The fraction of sp³-hybridized carbons (Fsp3) is 0.0476. The average Bonchev–Trinajstić information content (AvgIpc) is 2.70. The van der Waals surface area contributed by atoms with Crippen LogP contribution in [0.1, 0.15) is 15.9 Å². The molecule has 4 nitrogen and oxygen atoms in total. The smallest absolute Gasteiger partial charge is 0.251 e. The van der Waals surface area contributed by atoms with E-state index in [9.17, 15) is 4.79 Å². The average molecular weight is 430 g/mol. The molecule has 0 aromatic heterocycles. The van der Waals surface area contributed by atoms with Crippen molar-refractivity contribution in [3.8, 4) is 0 Å². The fourth-order valence-electron chi connectivity index (χ4n) is 2.50. The lowest BCUT2D eigenvalue weighted by atomic mass is 10.1. The van der Waals surface area contributed by atoms with Gasteiger partial charge in [-0.2, -0.15) is 0 Å². The van der Waals surface area contributed by atoms with Gasteiger partial charge in [-0.1, -0.05) is 65.7 Å². The Bertz CT molecular complexity index is 996. The second kappa shape index (κ2) is 9.55. The van der Waals surface area contributed by atoms with Crippen molar-refractivity contribution in [1.29, 1.82) is 0 Å². The Balaban J connectivity index is 1.61. The van der Waals surface area contributed by atoms with Crippen LogP contribution in [-0.4, -0.2) is 11.0 Å². The van der Waals surface area contributed by atoms with E-state index in [1.54, 1.807) is 36.4 Å². The first kappa shape index (κ1) is 20.1. The van der Waals surface area contributed by atoms with E-state index in [-0.39, 0.29) is 5.91 Å². The highest BCUT2D eigenvalue weighted by atomic mass is 35.5. The van der Waals surface area contributed by atoms with Crippen LogP contribution in [0.15, 0.2) is 72.8 Å². The minimum atomic E-state index is -0.163. The molecule has 0 heterocycles. The molecule has 3 rings (SSSR count). The molecule has 0 aliphatic heterocycles. The maximum atomic E-state index is 12.4. The summed E-state index contributed by atoms with van der Waals surface area (Å²) in [4.78, 5) is 12.4. The molecule has 3 aromatic carbocycles. The first-order valence-electron chi connectivity index (χ1n) is 8.47. The highest BCUT2D eigenvalue weighted by molar-refractivity contribution is 7.80. The van der Waals surface area contributed by atoms with E-state index in [0.717, 1.165) is 5.56 Å². The maximum absolute atomic E-state index is 12.4. The van der Waals surface area contributed by atoms with Crippen LogP contribution in [0.5, 0.6) is 0 Å². The first-order chi connectivity index (χ1) is 13.5. The molecular formula is C21H17Cl2N3OS. The Kier molecular flexibility index (Phi) is 6.87. The van der Waals surface area contributed by atoms with E-state index >= 15 is 0 Å². The molecule has 7 heteroatoms. The Morgan fingerprint density at radius 1 is 0.893 bits per heavy atom. The number of halogens is 2. The largest absolute Gasteiger partial charge is 0.348 e. The normalized spacial score (nSPS) is 10.2. The van der Waals surface area contributed by atoms with Gasteiger partial charge in [-0.05, 0) is 48.1 Å². The molecule has 0 radical (unpaired) electrons. The summed E-state index contributed by atoms with van der Waals surface area (Å²) in [5.41, 5.74) is 2.85. The van der Waals surface area contributed by atoms with Crippen molar-refractivity contribution in [3.63, 3.8) is 0 Å². The molecule has 0 aliphatic carbocycles. The molecule has 0 atom stereocenters. The van der Waals surface area contributed by atoms with Crippen LogP contribution >= 0.6 is 35.4 Å². The molecule has 1 amide bonds. The molecule has 0 saturated carbocycles. The van der Waals surface area contributed by atoms with E-state index in [1.165, 1.54) is 0 Å². The Morgan fingerprint density at radius 2 is 1.64 bits per heavy atom. The number of thiocarbonyl (C=S) groups is 1. The lowest BCUT2D eigenvalue weighted by Gasteiger charge is -2.13. The van der Waals surface area contributed by atoms with Crippen LogP contribution in [0, 0.1) is 0 Å². The van der Waals surface area contributed by atoms with Crippen molar-refractivity contribution in [2.45, 2.75) is 6.54 Å². The second-order valence-corrected chi connectivity index (χ2v) is 7.12. The highest BCUT2D eigenvalue weighted by Crippen LogP contribution is 2.29. The zero-order chi connectivity index (χ0) is 19.9. The van der Waals surface area contributed by atoms with Crippen LogP contribution in [0.2, 0.25) is 10.0 Å². The van der Waals surface area contributed by atoms with Gasteiger partial charge in [-0.25, -0.2) is 0 Å². The zero-order valence-electron chi connectivity index (χ0n) is 14.7. The topological polar surface area (TPSA) is 53.2 Å². The lowest BCUT2D eigenvalue weighted by Crippen LogP contribution is -2.23. The van der Waals surface area contributed by atoms with Gasteiger partial charge in [0, 0.05) is 17.8 Å². The number of carbonyl (C=O) groups excluding carboxylic acids is 1. The van der Waals surface area contributed by atoms with Crippen LogP contribution < -0.4 is 16.0 Å². The van der Waals surface area contributed by atoms with Crippen molar-refractivity contribution < 1.29 is 4.79 Å². The van der Waals surface area contributed by atoms with Gasteiger partial charge in [-0.15, -0.1) is 0 Å². The monoisotopic (exact) mass is 429 g/mol. The summed E-state index contributed by atoms with van der Waals surface area (Å²) in [6.45, 7) is 0.463. The summed E-state index contributed by atoms with van der Waals surface area (Å²) in [6.07, 6.45) is 0. The number of carbonyl (C=O) groups is 1. The molecule has 0 fully saturated rings. The summed E-state index contributed by atoms with van der Waals surface area (Å²) < 4.78 is 0. The van der Waals surface area contributed by atoms with E-state index < -0.39 is 0 Å². The third kappa shape index (κ3) is 5.45. The van der Waals surface area contributed by atoms with Crippen molar-refractivity contribution in [2.75, 3.05) is 10.6 Å². The predicted molar refractivity (Wildman–Crippen MR) is 120 cm³/mol. The van der Waals surface area contributed by atoms with Gasteiger partial charge < -0.3 is 16.0 Å². The third-order valence-electron chi connectivity index (χ3n) is 3.88. The molecule has 28 heavy (non-hydrogen) atoms. The van der Waals surface area contributed by atoms with Gasteiger partial charge in [0.2, 0.25) is 0 Å². The lowest BCUT2D eigenvalue weighted by molar-refractivity contribution is 0.0951. The van der Waals surface area contributed by atoms with Gasteiger partial charge in [0.1, 0.15) is 0 Å². The van der Waals surface area contributed by atoms with Crippen LogP contribution in [0.25, 0.3) is 0 Å². The quantitative estimate of drug-likeness (QED) is 0.453. The van der Waals surface area contributed by atoms with Crippen LogP contribution in [0.3, 0.4) is 0 Å². The summed E-state index contributed by atoms with van der Waals surface area (Å²) in [7, 11) is 0. The Morgan fingerprint density at radius 3 is 2.43 bits per heavy atom. The predicted octanol–water partition coefficient (Wildman–Crippen LogP) is 5.73. The number of amides is 1. The third-order valence-corrected chi connectivity index (χ3v) is 4.90. The fourth-order valence-corrected chi connectivity index (χ4v) is 3.08. The van der Waals surface area contributed by atoms with Gasteiger partial charge in [0.05, 0.1) is 15.7 Å². The summed E-state index contributed by atoms with van der Waals surface area (Å²) in [6, 6.07) is 22.1. The van der Waals surface area contributed by atoms with Gasteiger partial charge >= 0.3 is 0 Å². The molecule has 0 bridgehead atoms. The molecule has 0 saturated heterocycles. The van der Waals surface area contributed by atoms with Crippen molar-refractivity contribution >= 4 is 57.8 Å². The zero-order valence-corrected chi connectivity index (χ0v) is 17.0. The molecular weight excluding hydrogens is 413 g/mol. The Hall–Kier alpha value is -2.60. The molecule has 3 aromatic rings. The highest BCUT2D eigenvalue weighted by Gasteiger charge is 2.09. The second-order valence-electron chi connectivity index (χ2n) is 5.93.